The van der Waals surface area contributed by atoms with E-state index in [1.165, 1.54) is 19.2 Å². The third-order valence-electron chi connectivity index (χ3n) is 4.17. The van der Waals surface area contributed by atoms with Crippen LogP contribution in [-0.4, -0.2) is 26.4 Å². The van der Waals surface area contributed by atoms with Gasteiger partial charge >= 0.3 is 11.9 Å². The summed E-state index contributed by atoms with van der Waals surface area (Å²) in [4.78, 5) is 12.3. The summed E-state index contributed by atoms with van der Waals surface area (Å²) < 4.78 is 53.2. The van der Waals surface area contributed by atoms with Gasteiger partial charge in [-0.05, 0) is 54.1 Å². The van der Waals surface area contributed by atoms with E-state index in [-0.39, 0.29) is 12.4 Å². The highest BCUT2D eigenvalue weighted by atomic mass is 19.4. The molecule has 1 heterocycles. The molecule has 7 nitrogen and oxygen atoms in total. The smallest absolute Gasteiger partial charge is 0.419 e. The van der Waals surface area contributed by atoms with Crippen molar-refractivity contribution in [1.82, 2.24) is 19.8 Å². The van der Waals surface area contributed by atoms with Crippen molar-refractivity contribution in [3.63, 3.8) is 0 Å². The zero-order valence-corrected chi connectivity index (χ0v) is 16.0. The zero-order chi connectivity index (χ0) is 21.2. The highest BCUT2D eigenvalue weighted by Gasteiger charge is 2.34. The molecule has 3 aromatic rings. The van der Waals surface area contributed by atoms with Crippen LogP contribution >= 0.6 is 0 Å². The van der Waals surface area contributed by atoms with Gasteiger partial charge in [0.15, 0.2) is 0 Å². The number of alkyl halides is 3. The average molecular weight is 408 g/mol. The van der Waals surface area contributed by atoms with Crippen LogP contribution in [0.2, 0.25) is 0 Å². The van der Waals surface area contributed by atoms with Crippen molar-refractivity contribution in [2.45, 2.75) is 26.6 Å². The Morgan fingerprint density at radius 1 is 1.07 bits per heavy atom. The lowest BCUT2D eigenvalue weighted by atomic mass is 10.1. The SMILES string of the molecule is CCOc1cccc(-n2nnn(C)c2=O)c1COc1cc(C)ccc1C(F)(F)F. The van der Waals surface area contributed by atoms with Crippen molar-refractivity contribution in [2.24, 2.45) is 7.05 Å². The maximum atomic E-state index is 13.3. The monoisotopic (exact) mass is 408 g/mol. The molecule has 0 saturated heterocycles. The van der Waals surface area contributed by atoms with E-state index in [4.69, 9.17) is 9.47 Å². The van der Waals surface area contributed by atoms with E-state index < -0.39 is 17.4 Å². The molecular formula is C19H19F3N4O3. The summed E-state index contributed by atoms with van der Waals surface area (Å²) in [6.07, 6.45) is -4.56. The molecular weight excluding hydrogens is 389 g/mol. The number of aromatic nitrogens is 4. The predicted molar refractivity (Wildman–Crippen MR) is 98.3 cm³/mol. The normalized spacial score (nSPS) is 11.5. The van der Waals surface area contributed by atoms with Crippen LogP contribution in [0.1, 0.15) is 23.6 Å². The summed E-state index contributed by atoms with van der Waals surface area (Å²) >= 11 is 0. The van der Waals surface area contributed by atoms with Gasteiger partial charge in [-0.15, -0.1) is 0 Å². The molecule has 0 aliphatic rings. The Kier molecular flexibility index (Phi) is 5.62. The average Bonchev–Trinajstić information content (AvgIpc) is 2.98. The van der Waals surface area contributed by atoms with E-state index in [1.807, 2.05) is 0 Å². The van der Waals surface area contributed by atoms with Gasteiger partial charge in [-0.2, -0.15) is 22.5 Å². The summed E-state index contributed by atoms with van der Waals surface area (Å²) in [5, 5.41) is 7.47. The topological polar surface area (TPSA) is 71.2 Å². The Morgan fingerprint density at radius 3 is 2.45 bits per heavy atom. The minimum atomic E-state index is -4.56. The molecule has 2 aromatic carbocycles. The molecule has 10 heteroatoms. The first-order valence-electron chi connectivity index (χ1n) is 8.77. The van der Waals surface area contributed by atoms with E-state index in [9.17, 15) is 18.0 Å². The molecule has 0 saturated carbocycles. The quantitative estimate of drug-likeness (QED) is 0.626. The summed E-state index contributed by atoms with van der Waals surface area (Å²) in [5.41, 5.74) is -0.0695. The molecule has 0 bridgehead atoms. The first-order valence-corrected chi connectivity index (χ1v) is 8.77. The molecule has 0 unspecified atom stereocenters. The van der Waals surface area contributed by atoms with Crippen LogP contribution in [0.25, 0.3) is 5.69 Å². The Labute approximate surface area is 164 Å². The highest BCUT2D eigenvalue weighted by Crippen LogP contribution is 2.37. The van der Waals surface area contributed by atoms with Crippen molar-refractivity contribution < 1.29 is 22.6 Å². The van der Waals surface area contributed by atoms with Gasteiger partial charge in [0.05, 0.1) is 23.4 Å². The predicted octanol–water partition coefficient (Wildman–Crippen LogP) is 3.27. The van der Waals surface area contributed by atoms with Crippen LogP contribution in [0.5, 0.6) is 11.5 Å². The molecule has 0 fully saturated rings. The Balaban J connectivity index is 2.05. The second-order valence-electron chi connectivity index (χ2n) is 6.27. The van der Waals surface area contributed by atoms with Crippen LogP contribution in [0, 0.1) is 6.92 Å². The van der Waals surface area contributed by atoms with Crippen LogP contribution in [0.4, 0.5) is 13.2 Å². The van der Waals surface area contributed by atoms with Crippen molar-refractivity contribution in [1.29, 1.82) is 0 Å². The standard InChI is InChI=1S/C19H19F3N4O3/c1-4-28-16-7-5-6-15(26-18(27)25(3)23-24-26)13(16)11-29-17-10-12(2)8-9-14(17)19(20,21)22/h5-10H,4,11H2,1-3H3. The van der Waals surface area contributed by atoms with Crippen LogP contribution < -0.4 is 15.2 Å². The lowest BCUT2D eigenvalue weighted by Gasteiger charge is -2.18. The molecule has 29 heavy (non-hydrogen) atoms. The van der Waals surface area contributed by atoms with Gasteiger partial charge in [0.1, 0.15) is 18.1 Å². The van der Waals surface area contributed by atoms with Crippen LogP contribution in [-0.2, 0) is 19.8 Å². The molecule has 154 valence electrons. The number of ether oxygens (including phenoxy) is 2. The first-order chi connectivity index (χ1) is 13.7. The van der Waals surface area contributed by atoms with Gasteiger partial charge < -0.3 is 9.47 Å². The maximum Gasteiger partial charge on any atom is 0.419 e. The number of tetrazole rings is 1. The van der Waals surface area contributed by atoms with Gasteiger partial charge in [-0.25, -0.2) is 4.79 Å². The van der Waals surface area contributed by atoms with Crippen molar-refractivity contribution in [3.05, 3.63) is 63.6 Å². The summed E-state index contributed by atoms with van der Waals surface area (Å²) in [7, 11) is 1.44. The summed E-state index contributed by atoms with van der Waals surface area (Å²) in [5.74, 6) is 0.0741. The maximum absolute atomic E-state index is 13.3. The fourth-order valence-corrected chi connectivity index (χ4v) is 2.79. The number of hydrogen-bond acceptors (Lipinski definition) is 5. The van der Waals surface area contributed by atoms with E-state index in [0.29, 0.717) is 29.2 Å². The van der Waals surface area contributed by atoms with Crippen molar-refractivity contribution >= 4 is 0 Å². The van der Waals surface area contributed by atoms with Gasteiger partial charge in [0, 0.05) is 7.05 Å². The fraction of sp³-hybridized carbons (Fsp3) is 0.316. The molecule has 1 aromatic heterocycles. The van der Waals surface area contributed by atoms with E-state index in [0.717, 1.165) is 15.4 Å². The lowest BCUT2D eigenvalue weighted by Crippen LogP contribution is -2.23. The van der Waals surface area contributed by atoms with E-state index in [1.54, 1.807) is 32.0 Å². The van der Waals surface area contributed by atoms with Gasteiger partial charge in [-0.3, -0.25) is 0 Å². The molecule has 0 amide bonds. The van der Waals surface area contributed by atoms with Crippen LogP contribution in [0.15, 0.2) is 41.2 Å². The summed E-state index contributed by atoms with van der Waals surface area (Å²) in [6.45, 7) is 3.50. The van der Waals surface area contributed by atoms with Gasteiger partial charge in [0.2, 0.25) is 0 Å². The highest BCUT2D eigenvalue weighted by molar-refractivity contribution is 5.49. The molecule has 0 radical (unpaired) electrons. The Hall–Kier alpha value is -3.30. The number of nitrogens with zero attached hydrogens (tertiary/aromatic N) is 4. The Bertz CT molecular complexity index is 1070. The minimum Gasteiger partial charge on any atom is -0.493 e. The number of rotatable bonds is 6. The summed E-state index contributed by atoms with van der Waals surface area (Å²) in [6, 6.07) is 8.56. The third kappa shape index (κ3) is 4.25. The largest absolute Gasteiger partial charge is 0.493 e. The van der Waals surface area contributed by atoms with Crippen molar-refractivity contribution in [2.75, 3.05) is 6.61 Å². The first kappa shape index (κ1) is 20.4. The van der Waals surface area contributed by atoms with E-state index in [2.05, 4.69) is 10.4 Å². The van der Waals surface area contributed by atoms with Gasteiger partial charge in [-0.1, -0.05) is 12.1 Å². The molecule has 0 aliphatic heterocycles. The fourth-order valence-electron chi connectivity index (χ4n) is 2.79. The molecule has 0 spiro atoms. The molecule has 0 N–H and O–H groups in total. The Morgan fingerprint density at radius 2 is 1.83 bits per heavy atom. The van der Waals surface area contributed by atoms with E-state index >= 15 is 0 Å². The number of aryl methyl sites for hydroxylation is 2. The third-order valence-corrected chi connectivity index (χ3v) is 4.17. The molecule has 0 atom stereocenters. The lowest BCUT2D eigenvalue weighted by molar-refractivity contribution is -0.139. The van der Waals surface area contributed by atoms with Gasteiger partial charge in [0.25, 0.3) is 0 Å². The molecule has 0 aliphatic carbocycles. The number of halogens is 3. The number of hydrogen-bond donors (Lipinski definition) is 0. The number of benzene rings is 2. The molecule has 3 rings (SSSR count). The second kappa shape index (κ2) is 7.98. The van der Waals surface area contributed by atoms with Crippen LogP contribution in [0.3, 0.4) is 0 Å². The second-order valence-corrected chi connectivity index (χ2v) is 6.27. The minimum absolute atomic E-state index is 0.263. The zero-order valence-electron chi connectivity index (χ0n) is 16.0. The van der Waals surface area contributed by atoms with Crippen molar-refractivity contribution in [3.8, 4) is 17.2 Å².